The molecule has 0 aliphatic carbocycles. The van der Waals surface area contributed by atoms with Gasteiger partial charge in [-0.05, 0) is 45.8 Å². The molecule has 0 radical (unpaired) electrons. The molecule has 1 aliphatic rings. The van der Waals surface area contributed by atoms with Crippen molar-refractivity contribution in [2.24, 2.45) is 0 Å². The summed E-state index contributed by atoms with van der Waals surface area (Å²) in [5.74, 6) is 0.847. The second-order valence-electron chi connectivity index (χ2n) is 8.43. The predicted molar refractivity (Wildman–Crippen MR) is 135 cm³/mol. The maximum atomic E-state index is 4.79. The summed E-state index contributed by atoms with van der Waals surface area (Å²) >= 11 is 3.74. The van der Waals surface area contributed by atoms with Gasteiger partial charge in [0.15, 0.2) is 5.65 Å². The van der Waals surface area contributed by atoms with Crippen molar-refractivity contribution >= 4 is 38.5 Å². The van der Waals surface area contributed by atoms with Gasteiger partial charge in [0.05, 0.1) is 10.2 Å². The van der Waals surface area contributed by atoms with Gasteiger partial charge in [0.2, 0.25) is 0 Å². The van der Waals surface area contributed by atoms with Crippen LogP contribution in [-0.4, -0.2) is 60.1 Å². The van der Waals surface area contributed by atoms with Gasteiger partial charge in [-0.15, -0.1) is 0 Å². The van der Waals surface area contributed by atoms with Crippen molar-refractivity contribution < 1.29 is 0 Å². The minimum absolute atomic E-state index is 0.751. The number of H-pyrrole nitrogens is 1. The van der Waals surface area contributed by atoms with E-state index in [0.717, 1.165) is 65.4 Å². The Balaban J connectivity index is 1.38. The minimum Gasteiger partial charge on any atom is -0.378 e. The Bertz CT molecular complexity index is 1190. The Labute approximate surface area is 197 Å². The number of hydrogen-bond donors (Lipinski definition) is 1. The summed E-state index contributed by atoms with van der Waals surface area (Å²) < 4.78 is 1.000. The minimum atomic E-state index is 0.751. The molecule has 3 heterocycles. The number of imidazole rings is 1. The van der Waals surface area contributed by atoms with Gasteiger partial charge < -0.3 is 14.8 Å². The first-order valence-electron chi connectivity index (χ1n) is 10.9. The quantitative estimate of drug-likeness (QED) is 0.436. The summed E-state index contributed by atoms with van der Waals surface area (Å²) in [6.45, 7) is 4.99. The van der Waals surface area contributed by atoms with E-state index in [-0.39, 0.29) is 0 Å². The number of nitrogens with one attached hydrogen (secondary N) is 1. The first kappa shape index (κ1) is 21.0. The molecule has 2 aromatic carbocycles. The molecule has 5 rings (SSSR count). The highest BCUT2D eigenvalue weighted by Gasteiger charge is 2.23. The Hall–Kier alpha value is -2.90. The SMILES string of the molecule is CN(C)c1ccc(-c2nc3ncc(Br)c(N4CCN(Cc5ccccc5)CC4)c3[nH]2)cc1. The third kappa shape index (κ3) is 4.23. The molecule has 164 valence electrons. The van der Waals surface area contributed by atoms with E-state index in [1.807, 2.05) is 20.3 Å². The Morgan fingerprint density at radius 3 is 2.38 bits per heavy atom. The molecular formula is C25H27BrN6. The van der Waals surface area contributed by atoms with Gasteiger partial charge in [0.1, 0.15) is 11.3 Å². The molecule has 2 aromatic heterocycles. The van der Waals surface area contributed by atoms with Crippen molar-refractivity contribution in [3.63, 3.8) is 0 Å². The van der Waals surface area contributed by atoms with Crippen LogP contribution in [0.4, 0.5) is 11.4 Å². The fourth-order valence-corrected chi connectivity index (χ4v) is 4.81. The van der Waals surface area contributed by atoms with E-state index < -0.39 is 0 Å². The van der Waals surface area contributed by atoms with Crippen LogP contribution in [0, 0.1) is 0 Å². The number of hydrogen-bond acceptors (Lipinski definition) is 5. The number of anilines is 2. The zero-order chi connectivity index (χ0) is 22.1. The lowest BCUT2D eigenvalue weighted by Gasteiger charge is -2.36. The maximum Gasteiger partial charge on any atom is 0.180 e. The lowest BCUT2D eigenvalue weighted by Crippen LogP contribution is -2.46. The summed E-state index contributed by atoms with van der Waals surface area (Å²) in [5.41, 5.74) is 6.48. The summed E-state index contributed by atoms with van der Waals surface area (Å²) in [4.78, 5) is 19.9. The van der Waals surface area contributed by atoms with Crippen LogP contribution >= 0.6 is 15.9 Å². The Morgan fingerprint density at radius 1 is 0.969 bits per heavy atom. The number of benzene rings is 2. The van der Waals surface area contributed by atoms with E-state index in [0.29, 0.717) is 0 Å². The van der Waals surface area contributed by atoms with Gasteiger partial charge in [0.25, 0.3) is 0 Å². The average molecular weight is 491 g/mol. The van der Waals surface area contributed by atoms with Crippen molar-refractivity contribution in [1.29, 1.82) is 0 Å². The highest BCUT2D eigenvalue weighted by atomic mass is 79.9. The van der Waals surface area contributed by atoms with E-state index in [4.69, 9.17) is 4.98 Å². The third-order valence-corrected chi connectivity index (χ3v) is 6.62. The van der Waals surface area contributed by atoms with E-state index in [1.165, 1.54) is 11.3 Å². The Kier molecular flexibility index (Phi) is 5.85. The zero-order valence-corrected chi connectivity index (χ0v) is 20.0. The number of aromatic amines is 1. The molecule has 0 spiro atoms. The molecule has 4 aromatic rings. The standard InChI is InChI=1S/C25H27BrN6/c1-30(2)20-10-8-19(9-11-20)24-28-22-23(21(26)16-27-25(22)29-24)32-14-12-31(13-15-32)17-18-6-4-3-5-7-18/h3-11,16H,12-15,17H2,1-2H3,(H,27,28,29). The number of pyridine rings is 1. The fraction of sp³-hybridized carbons (Fsp3) is 0.280. The van der Waals surface area contributed by atoms with Gasteiger partial charge in [-0.3, -0.25) is 4.90 Å². The molecule has 7 heteroatoms. The number of piperazine rings is 1. The van der Waals surface area contributed by atoms with E-state index in [2.05, 4.69) is 95.2 Å². The molecule has 0 amide bonds. The number of rotatable bonds is 5. The first-order chi connectivity index (χ1) is 15.6. The summed E-state index contributed by atoms with van der Waals surface area (Å²) in [5, 5.41) is 0. The van der Waals surface area contributed by atoms with Crippen molar-refractivity contribution in [3.8, 4) is 11.4 Å². The largest absolute Gasteiger partial charge is 0.378 e. The van der Waals surface area contributed by atoms with Crippen molar-refractivity contribution in [2.75, 3.05) is 50.1 Å². The molecule has 32 heavy (non-hydrogen) atoms. The maximum absolute atomic E-state index is 4.79. The lowest BCUT2D eigenvalue weighted by molar-refractivity contribution is 0.250. The highest BCUT2D eigenvalue weighted by Crippen LogP contribution is 2.34. The van der Waals surface area contributed by atoms with Crippen LogP contribution in [0.3, 0.4) is 0 Å². The molecule has 1 saturated heterocycles. The van der Waals surface area contributed by atoms with E-state index >= 15 is 0 Å². The predicted octanol–water partition coefficient (Wildman–Crippen LogP) is 4.78. The van der Waals surface area contributed by atoms with Gasteiger partial charge >= 0.3 is 0 Å². The molecule has 0 saturated carbocycles. The molecule has 1 N–H and O–H groups in total. The third-order valence-electron chi connectivity index (χ3n) is 6.04. The smallest absolute Gasteiger partial charge is 0.180 e. The van der Waals surface area contributed by atoms with Gasteiger partial charge in [-0.25, -0.2) is 9.97 Å². The lowest BCUT2D eigenvalue weighted by atomic mass is 10.2. The second kappa shape index (κ2) is 8.92. The monoisotopic (exact) mass is 490 g/mol. The number of fused-ring (bicyclic) bond motifs is 1. The van der Waals surface area contributed by atoms with Crippen molar-refractivity contribution in [1.82, 2.24) is 19.9 Å². The van der Waals surface area contributed by atoms with Crippen LogP contribution in [0.5, 0.6) is 0 Å². The van der Waals surface area contributed by atoms with E-state index in [9.17, 15) is 0 Å². The fourth-order valence-electron chi connectivity index (χ4n) is 4.26. The second-order valence-corrected chi connectivity index (χ2v) is 9.28. The number of halogens is 1. The van der Waals surface area contributed by atoms with Crippen LogP contribution in [0.15, 0.2) is 65.3 Å². The number of aromatic nitrogens is 3. The van der Waals surface area contributed by atoms with Gasteiger partial charge in [-0.1, -0.05) is 30.3 Å². The first-order valence-corrected chi connectivity index (χ1v) is 11.7. The molecule has 0 bridgehead atoms. The molecule has 6 nitrogen and oxygen atoms in total. The van der Waals surface area contributed by atoms with Crippen molar-refractivity contribution in [2.45, 2.75) is 6.54 Å². The van der Waals surface area contributed by atoms with Crippen LogP contribution in [0.1, 0.15) is 5.56 Å². The van der Waals surface area contributed by atoms with Crippen LogP contribution in [-0.2, 0) is 6.54 Å². The number of nitrogens with zero attached hydrogens (tertiary/aromatic N) is 5. The Morgan fingerprint density at radius 2 is 1.69 bits per heavy atom. The molecular weight excluding hydrogens is 464 g/mol. The summed E-state index contributed by atoms with van der Waals surface area (Å²) in [6, 6.07) is 19.1. The van der Waals surface area contributed by atoms with E-state index in [1.54, 1.807) is 0 Å². The molecule has 0 atom stereocenters. The average Bonchev–Trinajstić information content (AvgIpc) is 3.25. The molecule has 1 aliphatic heterocycles. The van der Waals surface area contributed by atoms with Crippen LogP contribution in [0.25, 0.3) is 22.6 Å². The van der Waals surface area contributed by atoms with Crippen LogP contribution in [0.2, 0.25) is 0 Å². The topological polar surface area (TPSA) is 51.3 Å². The van der Waals surface area contributed by atoms with Crippen molar-refractivity contribution in [3.05, 3.63) is 70.8 Å². The van der Waals surface area contributed by atoms with Gasteiger partial charge in [0, 0.05) is 64.3 Å². The summed E-state index contributed by atoms with van der Waals surface area (Å²) in [6.07, 6.45) is 1.87. The normalized spacial score (nSPS) is 14.8. The molecule has 0 unspecified atom stereocenters. The highest BCUT2D eigenvalue weighted by molar-refractivity contribution is 9.10. The summed E-state index contributed by atoms with van der Waals surface area (Å²) in [7, 11) is 4.09. The van der Waals surface area contributed by atoms with Crippen LogP contribution < -0.4 is 9.80 Å². The molecule has 1 fully saturated rings. The zero-order valence-electron chi connectivity index (χ0n) is 18.4. The van der Waals surface area contributed by atoms with Gasteiger partial charge in [-0.2, -0.15) is 0 Å².